The number of unbranched alkanes of at least 4 members (excludes halogenated alkanes) is 42. The average Bonchev–Trinajstić information content (AvgIpc) is 3.42. The van der Waals surface area contributed by atoms with Gasteiger partial charge in [0.05, 0.1) is 27.7 Å². The first-order valence-corrected chi connectivity index (χ1v) is 35.8. The van der Waals surface area contributed by atoms with E-state index in [9.17, 15) is 19.0 Å². The van der Waals surface area contributed by atoms with E-state index in [0.29, 0.717) is 17.4 Å². The molecule has 0 bridgehead atoms. The van der Waals surface area contributed by atoms with Crippen LogP contribution in [0.5, 0.6) is 0 Å². The van der Waals surface area contributed by atoms with Crippen LogP contribution in [0.25, 0.3) is 0 Å². The second-order valence-corrected chi connectivity index (χ2v) is 25.9. The third kappa shape index (κ3) is 65.1. The highest BCUT2D eigenvalue weighted by atomic mass is 31.2. The SMILES string of the molecule is CC/C=C\C/C=C\C/C=C\CCCCCCCC(=O)OC(COC(=O)CCCCCCCCCCCCCCCCCCCCCCCCCCCCCCC/C=C\CCCCCCCCCC)COP(=O)([O-])OCC[N+](C)(C)C. The van der Waals surface area contributed by atoms with Crippen molar-refractivity contribution in [3.63, 3.8) is 0 Å². The van der Waals surface area contributed by atoms with E-state index in [2.05, 4.69) is 62.5 Å². The van der Waals surface area contributed by atoms with E-state index in [1.807, 2.05) is 21.1 Å². The number of nitrogens with zero attached hydrogens (tertiary/aromatic N) is 1. The minimum Gasteiger partial charge on any atom is -0.756 e. The Hall–Kier alpha value is -2.03. The second-order valence-electron chi connectivity index (χ2n) is 24.5. The number of hydrogen-bond donors (Lipinski definition) is 0. The fraction of sp³-hybridized carbons (Fsp3) is 0.857. The number of likely N-dealkylation sites (N-methyl/N-ethyl adjacent to an activating group) is 1. The van der Waals surface area contributed by atoms with Crippen molar-refractivity contribution in [1.29, 1.82) is 0 Å². The summed E-state index contributed by atoms with van der Waals surface area (Å²) < 4.78 is 34.2. The molecule has 0 amide bonds. The van der Waals surface area contributed by atoms with Crippen LogP contribution in [0.15, 0.2) is 48.6 Å². The molecule has 0 spiro atoms. The summed E-state index contributed by atoms with van der Waals surface area (Å²) in [6.45, 7) is 4.14. The normalized spacial score (nSPS) is 13.4. The van der Waals surface area contributed by atoms with Crippen molar-refractivity contribution in [2.75, 3.05) is 47.5 Å². The van der Waals surface area contributed by atoms with Crippen LogP contribution in [0, 0.1) is 0 Å². The van der Waals surface area contributed by atoms with Gasteiger partial charge in [-0.25, -0.2) is 0 Å². The maximum atomic E-state index is 12.8. The van der Waals surface area contributed by atoms with E-state index in [-0.39, 0.29) is 32.0 Å². The largest absolute Gasteiger partial charge is 0.756 e. The Morgan fingerprint density at radius 2 is 0.713 bits per heavy atom. The van der Waals surface area contributed by atoms with Crippen LogP contribution in [-0.4, -0.2) is 70.0 Å². The van der Waals surface area contributed by atoms with Gasteiger partial charge in [-0.15, -0.1) is 0 Å². The number of carbonyl (C=O) groups excluding carboxylic acids is 2. The minimum atomic E-state index is -4.64. The molecule has 0 aromatic rings. The summed E-state index contributed by atoms with van der Waals surface area (Å²) in [6, 6.07) is 0. The first kappa shape index (κ1) is 78.0. The van der Waals surface area contributed by atoms with Crippen LogP contribution in [0.2, 0.25) is 0 Å². The molecule has 0 radical (unpaired) electrons. The lowest BCUT2D eigenvalue weighted by Crippen LogP contribution is -2.37. The zero-order valence-electron chi connectivity index (χ0n) is 53.5. The molecule has 80 heavy (non-hydrogen) atoms. The van der Waals surface area contributed by atoms with Gasteiger partial charge in [0.15, 0.2) is 6.10 Å². The first-order chi connectivity index (χ1) is 39.0. The smallest absolute Gasteiger partial charge is 0.306 e. The number of quaternary nitrogens is 1. The fourth-order valence-corrected chi connectivity index (χ4v) is 10.8. The van der Waals surface area contributed by atoms with Gasteiger partial charge in [0, 0.05) is 12.8 Å². The highest BCUT2D eigenvalue weighted by molar-refractivity contribution is 7.45. The maximum Gasteiger partial charge on any atom is 0.306 e. The van der Waals surface area contributed by atoms with Gasteiger partial charge < -0.3 is 27.9 Å². The van der Waals surface area contributed by atoms with E-state index < -0.39 is 26.5 Å². The topological polar surface area (TPSA) is 111 Å². The first-order valence-electron chi connectivity index (χ1n) is 34.3. The second kappa shape index (κ2) is 61.5. The Morgan fingerprint density at radius 1 is 0.400 bits per heavy atom. The summed E-state index contributed by atoms with van der Waals surface area (Å²) in [4.78, 5) is 37.9. The number of allylic oxidation sites excluding steroid dienone is 8. The average molecular weight is 1150 g/mol. The van der Waals surface area contributed by atoms with Crippen molar-refractivity contribution in [2.45, 2.75) is 341 Å². The number of phosphoric ester groups is 1. The molecule has 0 N–H and O–H groups in total. The number of rotatable bonds is 64. The highest BCUT2D eigenvalue weighted by Crippen LogP contribution is 2.38. The summed E-state index contributed by atoms with van der Waals surface area (Å²) in [6.07, 6.45) is 79.5. The quantitative estimate of drug-likeness (QED) is 0.0195. The summed E-state index contributed by atoms with van der Waals surface area (Å²) in [5.41, 5.74) is 0. The lowest BCUT2D eigenvalue weighted by atomic mass is 10.0. The Bertz CT molecular complexity index is 1490. The summed E-state index contributed by atoms with van der Waals surface area (Å²) in [5, 5.41) is 0. The lowest BCUT2D eigenvalue weighted by molar-refractivity contribution is -0.870. The zero-order valence-corrected chi connectivity index (χ0v) is 54.4. The van der Waals surface area contributed by atoms with Crippen molar-refractivity contribution in [3.05, 3.63) is 48.6 Å². The van der Waals surface area contributed by atoms with E-state index in [1.54, 1.807) is 0 Å². The molecular formula is C70H132NO8P. The van der Waals surface area contributed by atoms with Gasteiger partial charge >= 0.3 is 11.9 Å². The Balaban J connectivity index is 3.82. The van der Waals surface area contributed by atoms with Gasteiger partial charge in [-0.1, -0.05) is 300 Å². The van der Waals surface area contributed by atoms with Crippen LogP contribution in [-0.2, 0) is 32.7 Å². The minimum absolute atomic E-state index is 0.0340. The molecule has 0 aromatic carbocycles. The van der Waals surface area contributed by atoms with Gasteiger partial charge in [-0.05, 0) is 70.6 Å². The molecule has 2 unspecified atom stereocenters. The van der Waals surface area contributed by atoms with Crippen molar-refractivity contribution in [3.8, 4) is 0 Å². The van der Waals surface area contributed by atoms with Crippen molar-refractivity contribution >= 4 is 19.8 Å². The predicted octanol–water partition coefficient (Wildman–Crippen LogP) is 21.4. The van der Waals surface area contributed by atoms with Gasteiger partial charge in [-0.2, -0.15) is 0 Å². The number of ether oxygens (including phenoxy) is 2. The van der Waals surface area contributed by atoms with Gasteiger partial charge in [-0.3, -0.25) is 14.2 Å². The molecule has 10 heteroatoms. The van der Waals surface area contributed by atoms with E-state index in [4.69, 9.17) is 18.5 Å². The predicted molar refractivity (Wildman–Crippen MR) is 342 cm³/mol. The number of carbonyl (C=O) groups is 2. The summed E-state index contributed by atoms with van der Waals surface area (Å²) in [7, 11) is 1.16. The third-order valence-corrected chi connectivity index (χ3v) is 16.3. The standard InChI is InChI=1S/C70H132NO8P/c1-6-8-10-12-14-16-18-20-22-23-24-25-26-27-28-29-30-31-32-33-34-35-36-37-38-39-40-41-42-43-44-45-46-47-49-50-52-54-56-58-60-62-69(72)76-66-68(67-78-80(74,75)77-65-64-71(3,4)5)79-70(73)63-61-59-57-55-53-51-48-21-19-17-15-13-11-9-7-2/h9,11,15,17,21,23-24,48,68H,6-8,10,12-14,16,18-20,22,25-47,49-67H2,1-5H3/b11-9-,17-15-,24-23-,48-21-. The van der Waals surface area contributed by atoms with Gasteiger partial charge in [0.2, 0.25) is 0 Å². The number of hydrogen-bond acceptors (Lipinski definition) is 8. The molecule has 0 aromatic heterocycles. The van der Waals surface area contributed by atoms with Crippen molar-refractivity contribution in [1.82, 2.24) is 0 Å². The molecule has 9 nitrogen and oxygen atoms in total. The molecule has 0 saturated heterocycles. The third-order valence-electron chi connectivity index (χ3n) is 15.3. The van der Waals surface area contributed by atoms with E-state index in [1.165, 1.54) is 231 Å². The molecule has 0 saturated carbocycles. The van der Waals surface area contributed by atoms with Gasteiger partial charge in [0.25, 0.3) is 7.82 Å². The lowest BCUT2D eigenvalue weighted by Gasteiger charge is -2.28. The van der Waals surface area contributed by atoms with Crippen molar-refractivity contribution < 1.29 is 42.1 Å². The van der Waals surface area contributed by atoms with Crippen LogP contribution in [0.3, 0.4) is 0 Å². The Morgan fingerprint density at radius 3 is 1.07 bits per heavy atom. The van der Waals surface area contributed by atoms with E-state index in [0.717, 1.165) is 70.6 Å². The maximum absolute atomic E-state index is 12.8. The Kier molecular flexibility index (Phi) is 60.0. The molecule has 0 aliphatic carbocycles. The Labute approximate surface area is 496 Å². The molecule has 0 aliphatic rings. The number of phosphoric acid groups is 1. The summed E-state index contributed by atoms with van der Waals surface area (Å²) >= 11 is 0. The molecule has 470 valence electrons. The monoisotopic (exact) mass is 1150 g/mol. The van der Waals surface area contributed by atoms with Crippen LogP contribution in [0.4, 0.5) is 0 Å². The van der Waals surface area contributed by atoms with E-state index >= 15 is 0 Å². The fourth-order valence-electron chi connectivity index (χ4n) is 10.1. The van der Waals surface area contributed by atoms with Crippen LogP contribution >= 0.6 is 7.82 Å². The van der Waals surface area contributed by atoms with Crippen LogP contribution in [0.1, 0.15) is 335 Å². The van der Waals surface area contributed by atoms with Crippen molar-refractivity contribution in [2.24, 2.45) is 0 Å². The summed E-state index contributed by atoms with van der Waals surface area (Å²) in [5.74, 6) is -0.841. The molecule has 0 rings (SSSR count). The molecule has 0 fully saturated rings. The number of esters is 2. The molecule has 0 aliphatic heterocycles. The van der Waals surface area contributed by atoms with Crippen LogP contribution < -0.4 is 4.89 Å². The highest BCUT2D eigenvalue weighted by Gasteiger charge is 2.22. The zero-order chi connectivity index (χ0) is 58.4. The molecular weight excluding hydrogens is 1010 g/mol. The molecule has 2 atom stereocenters. The van der Waals surface area contributed by atoms with Gasteiger partial charge in [0.1, 0.15) is 19.8 Å². The molecule has 0 heterocycles.